The molecule has 39 heavy (non-hydrogen) atoms. The van der Waals surface area contributed by atoms with Crippen LogP contribution < -0.4 is 15.5 Å². The largest absolute Gasteiger partial charge is 0.416 e. The molecule has 0 aliphatic carbocycles. The number of nitrogens with one attached hydrogen (secondary N) is 2. The average Bonchev–Trinajstić information content (AvgIpc) is 3.37. The lowest BCUT2D eigenvalue weighted by molar-refractivity contribution is -0.137. The Balaban J connectivity index is 1.30. The van der Waals surface area contributed by atoms with Crippen molar-refractivity contribution in [3.63, 3.8) is 0 Å². The normalized spacial score (nSPS) is 11.4. The molecule has 0 spiro atoms. The molecule has 0 saturated heterocycles. The summed E-state index contributed by atoms with van der Waals surface area (Å²) >= 11 is 6.14. The number of alkyl halides is 3. The van der Waals surface area contributed by atoms with E-state index in [1.54, 1.807) is 18.3 Å². The van der Waals surface area contributed by atoms with E-state index in [9.17, 15) is 18.0 Å². The number of benzene rings is 3. The smallest absolute Gasteiger partial charge is 0.352 e. The standard InChI is InChI=1S/C28H22ClF3N6O/c1-37(16-18-3-2-4-21(29)15-18)26-25-33-13-14-38(25)17-24(36-26)19-5-9-22(10-6-19)34-27(39)35-23-11-7-20(8-12-23)28(30,31)32/h2-15,17H,16H2,1H3,(H2,34,35,39). The quantitative estimate of drug-likeness (QED) is 0.232. The highest BCUT2D eigenvalue weighted by Crippen LogP contribution is 2.30. The summed E-state index contributed by atoms with van der Waals surface area (Å²) in [4.78, 5) is 23.7. The molecular formula is C28H22ClF3N6O. The van der Waals surface area contributed by atoms with Crippen molar-refractivity contribution >= 4 is 40.5 Å². The SMILES string of the molecule is CN(Cc1cccc(Cl)c1)c1nc(-c2ccc(NC(=O)Nc3ccc(C(F)(F)F)cc3)cc2)cn2ccnc12. The van der Waals surface area contributed by atoms with Crippen molar-refractivity contribution in [1.82, 2.24) is 14.4 Å². The molecule has 3 aromatic carbocycles. The third-order valence-corrected chi connectivity index (χ3v) is 6.17. The van der Waals surface area contributed by atoms with Gasteiger partial charge in [-0.3, -0.25) is 0 Å². The molecule has 2 heterocycles. The molecule has 7 nitrogen and oxygen atoms in total. The van der Waals surface area contributed by atoms with E-state index in [0.717, 1.165) is 23.3 Å². The predicted octanol–water partition coefficient (Wildman–Crippen LogP) is 7.35. The minimum Gasteiger partial charge on any atom is -0.352 e. The number of carbonyl (C=O) groups is 1. The number of amides is 2. The number of urea groups is 1. The maximum atomic E-state index is 12.7. The number of hydrogen-bond donors (Lipinski definition) is 2. The first-order valence-corrected chi connectivity index (χ1v) is 12.2. The zero-order valence-electron chi connectivity index (χ0n) is 20.6. The zero-order valence-corrected chi connectivity index (χ0v) is 21.3. The average molecular weight is 551 g/mol. The monoisotopic (exact) mass is 550 g/mol. The van der Waals surface area contributed by atoms with Crippen LogP contribution in [-0.2, 0) is 12.7 Å². The fraction of sp³-hybridized carbons (Fsp3) is 0.107. The number of anilines is 3. The van der Waals surface area contributed by atoms with E-state index in [1.165, 1.54) is 12.1 Å². The molecule has 0 atom stereocenters. The molecule has 2 amide bonds. The summed E-state index contributed by atoms with van der Waals surface area (Å²) in [5, 5.41) is 5.86. The molecule has 2 N–H and O–H groups in total. The van der Waals surface area contributed by atoms with Gasteiger partial charge in [0.05, 0.1) is 11.3 Å². The topological polar surface area (TPSA) is 74.6 Å². The van der Waals surface area contributed by atoms with Gasteiger partial charge in [0.1, 0.15) is 0 Å². The van der Waals surface area contributed by atoms with E-state index in [2.05, 4.69) is 15.6 Å². The highest BCUT2D eigenvalue weighted by Gasteiger charge is 2.30. The van der Waals surface area contributed by atoms with Crippen LogP contribution in [0.15, 0.2) is 91.4 Å². The molecule has 0 unspecified atom stereocenters. The van der Waals surface area contributed by atoms with Gasteiger partial charge in [0.2, 0.25) is 0 Å². The summed E-state index contributed by atoms with van der Waals surface area (Å²) < 4.78 is 40.1. The fourth-order valence-electron chi connectivity index (χ4n) is 4.05. The third-order valence-electron chi connectivity index (χ3n) is 5.94. The molecular weight excluding hydrogens is 529 g/mol. The number of carbonyl (C=O) groups excluding carboxylic acids is 1. The molecule has 0 saturated carbocycles. The lowest BCUT2D eigenvalue weighted by atomic mass is 10.1. The minimum absolute atomic E-state index is 0.240. The number of aromatic nitrogens is 3. The fourth-order valence-corrected chi connectivity index (χ4v) is 4.27. The van der Waals surface area contributed by atoms with Crippen LogP contribution >= 0.6 is 11.6 Å². The van der Waals surface area contributed by atoms with Gasteiger partial charge in [0, 0.05) is 54.1 Å². The Morgan fingerprint density at radius 1 is 1.00 bits per heavy atom. The van der Waals surface area contributed by atoms with Crippen LogP contribution in [0.2, 0.25) is 5.02 Å². The Hall–Kier alpha value is -4.57. The second-order valence-electron chi connectivity index (χ2n) is 8.83. The van der Waals surface area contributed by atoms with Crippen LogP contribution in [0.5, 0.6) is 0 Å². The van der Waals surface area contributed by atoms with Gasteiger partial charge in [-0.25, -0.2) is 14.8 Å². The van der Waals surface area contributed by atoms with Gasteiger partial charge in [-0.05, 0) is 54.1 Å². The van der Waals surface area contributed by atoms with Crippen LogP contribution in [0.1, 0.15) is 11.1 Å². The van der Waals surface area contributed by atoms with Crippen LogP contribution in [0.25, 0.3) is 16.9 Å². The van der Waals surface area contributed by atoms with Crippen molar-refractivity contribution in [2.45, 2.75) is 12.7 Å². The number of fused-ring (bicyclic) bond motifs is 1. The maximum Gasteiger partial charge on any atom is 0.416 e. The van der Waals surface area contributed by atoms with E-state index < -0.39 is 17.8 Å². The van der Waals surface area contributed by atoms with Crippen molar-refractivity contribution in [3.8, 4) is 11.3 Å². The lowest BCUT2D eigenvalue weighted by Crippen LogP contribution is -2.19. The first-order chi connectivity index (χ1) is 18.7. The summed E-state index contributed by atoms with van der Waals surface area (Å²) in [6.45, 7) is 0.580. The van der Waals surface area contributed by atoms with Crippen LogP contribution in [0, 0.1) is 0 Å². The third kappa shape index (κ3) is 6.12. The van der Waals surface area contributed by atoms with Crippen molar-refractivity contribution in [2.75, 3.05) is 22.6 Å². The Morgan fingerprint density at radius 3 is 2.31 bits per heavy atom. The van der Waals surface area contributed by atoms with Gasteiger partial charge >= 0.3 is 12.2 Å². The Labute approximate surface area is 226 Å². The first kappa shape index (κ1) is 26.1. The highest BCUT2D eigenvalue weighted by atomic mass is 35.5. The molecule has 0 radical (unpaired) electrons. The molecule has 11 heteroatoms. The molecule has 0 fully saturated rings. The maximum absolute atomic E-state index is 12.7. The summed E-state index contributed by atoms with van der Waals surface area (Å²) in [5.74, 6) is 0.690. The van der Waals surface area contributed by atoms with Crippen LogP contribution in [0.4, 0.5) is 35.2 Å². The van der Waals surface area contributed by atoms with Crippen LogP contribution in [-0.4, -0.2) is 27.4 Å². The van der Waals surface area contributed by atoms with Crippen molar-refractivity contribution < 1.29 is 18.0 Å². The van der Waals surface area contributed by atoms with Gasteiger partial charge in [-0.1, -0.05) is 35.9 Å². The Morgan fingerprint density at radius 2 is 1.67 bits per heavy atom. The summed E-state index contributed by atoms with van der Waals surface area (Å²) in [7, 11) is 1.93. The lowest BCUT2D eigenvalue weighted by Gasteiger charge is -2.20. The Kier molecular flexibility index (Phi) is 7.12. The second-order valence-corrected chi connectivity index (χ2v) is 9.26. The summed E-state index contributed by atoms with van der Waals surface area (Å²) in [6.07, 6.45) is 0.990. The molecule has 0 aliphatic rings. The summed E-state index contributed by atoms with van der Waals surface area (Å²) in [5.41, 5.74) is 3.22. The van der Waals surface area contributed by atoms with Crippen molar-refractivity contribution in [1.29, 1.82) is 0 Å². The van der Waals surface area contributed by atoms with Crippen molar-refractivity contribution in [3.05, 3.63) is 108 Å². The molecule has 198 valence electrons. The molecule has 0 bridgehead atoms. The zero-order chi connectivity index (χ0) is 27.6. The van der Waals surface area contributed by atoms with E-state index in [1.807, 2.05) is 65.1 Å². The van der Waals surface area contributed by atoms with E-state index in [0.29, 0.717) is 34.4 Å². The van der Waals surface area contributed by atoms with E-state index in [4.69, 9.17) is 16.6 Å². The summed E-state index contributed by atoms with van der Waals surface area (Å²) in [6, 6.07) is 18.4. The molecule has 5 aromatic rings. The number of nitrogens with zero attached hydrogens (tertiary/aromatic N) is 4. The number of imidazole rings is 1. The minimum atomic E-state index is -4.44. The molecule has 2 aromatic heterocycles. The highest BCUT2D eigenvalue weighted by molar-refractivity contribution is 6.30. The van der Waals surface area contributed by atoms with Crippen molar-refractivity contribution in [2.24, 2.45) is 0 Å². The predicted molar refractivity (Wildman–Crippen MR) is 146 cm³/mol. The molecule has 0 aliphatic heterocycles. The van der Waals surface area contributed by atoms with Gasteiger partial charge in [-0.2, -0.15) is 13.2 Å². The van der Waals surface area contributed by atoms with Gasteiger partial charge < -0.3 is 19.9 Å². The number of hydrogen-bond acceptors (Lipinski definition) is 4. The number of halogens is 4. The van der Waals surface area contributed by atoms with E-state index in [-0.39, 0.29) is 5.69 Å². The Bertz CT molecular complexity index is 1620. The second kappa shape index (κ2) is 10.7. The van der Waals surface area contributed by atoms with Crippen LogP contribution in [0.3, 0.4) is 0 Å². The van der Waals surface area contributed by atoms with Gasteiger partial charge in [0.15, 0.2) is 11.5 Å². The van der Waals surface area contributed by atoms with E-state index >= 15 is 0 Å². The van der Waals surface area contributed by atoms with Gasteiger partial charge in [-0.15, -0.1) is 0 Å². The molecule has 5 rings (SSSR count). The first-order valence-electron chi connectivity index (χ1n) is 11.8. The van der Waals surface area contributed by atoms with Gasteiger partial charge in [0.25, 0.3) is 0 Å². The number of rotatable bonds is 6.